The van der Waals surface area contributed by atoms with Crippen molar-refractivity contribution < 1.29 is 9.21 Å². The van der Waals surface area contributed by atoms with Crippen LogP contribution in [0.15, 0.2) is 28.7 Å². The zero-order chi connectivity index (χ0) is 20.1. The normalized spacial score (nSPS) is 23.4. The average molecular weight is 399 g/mol. The fraction of sp³-hybridized carbons (Fsp3) is 0.652. The van der Waals surface area contributed by atoms with Crippen molar-refractivity contribution in [2.24, 2.45) is 5.92 Å². The highest BCUT2D eigenvalue weighted by atomic mass is 16.4. The topological polar surface area (TPSA) is 61.6 Å². The summed E-state index contributed by atoms with van der Waals surface area (Å²) in [6.07, 6.45) is 8.20. The SMILES string of the molecule is CCC1CCCCN1CCCNC(=O)C1CCCN(c2nc3ccccc3o2)C1. The number of benzene rings is 1. The molecule has 0 saturated carbocycles. The third-order valence-corrected chi connectivity index (χ3v) is 6.49. The molecule has 29 heavy (non-hydrogen) atoms. The molecule has 1 amide bonds. The lowest BCUT2D eigenvalue weighted by Crippen LogP contribution is -2.44. The Morgan fingerprint density at radius 1 is 1.21 bits per heavy atom. The van der Waals surface area contributed by atoms with Crippen LogP contribution in [0.1, 0.15) is 51.9 Å². The zero-order valence-electron chi connectivity index (χ0n) is 17.6. The van der Waals surface area contributed by atoms with Crippen molar-refractivity contribution in [2.75, 3.05) is 37.6 Å². The van der Waals surface area contributed by atoms with Gasteiger partial charge in [-0.1, -0.05) is 25.5 Å². The van der Waals surface area contributed by atoms with E-state index in [1.54, 1.807) is 0 Å². The molecule has 2 unspecified atom stereocenters. The molecule has 1 aromatic heterocycles. The van der Waals surface area contributed by atoms with Gasteiger partial charge in [-0.15, -0.1) is 0 Å². The van der Waals surface area contributed by atoms with Crippen LogP contribution in [0.4, 0.5) is 6.01 Å². The summed E-state index contributed by atoms with van der Waals surface area (Å²) in [5.41, 5.74) is 1.68. The van der Waals surface area contributed by atoms with Gasteiger partial charge in [-0.2, -0.15) is 4.98 Å². The number of aromatic nitrogens is 1. The first-order valence-electron chi connectivity index (χ1n) is 11.4. The molecule has 2 saturated heterocycles. The average Bonchev–Trinajstić information content (AvgIpc) is 3.21. The summed E-state index contributed by atoms with van der Waals surface area (Å²) in [4.78, 5) is 22.0. The maximum atomic E-state index is 12.7. The minimum Gasteiger partial charge on any atom is -0.423 e. The number of carbonyl (C=O) groups excluding carboxylic acids is 1. The van der Waals surface area contributed by atoms with Gasteiger partial charge in [-0.05, 0) is 57.2 Å². The highest BCUT2D eigenvalue weighted by molar-refractivity contribution is 5.79. The van der Waals surface area contributed by atoms with Crippen LogP contribution in [0, 0.1) is 5.92 Å². The molecule has 3 heterocycles. The Labute approximate surface area is 173 Å². The van der Waals surface area contributed by atoms with Crippen LogP contribution in [0.3, 0.4) is 0 Å². The molecule has 0 bridgehead atoms. The van der Waals surface area contributed by atoms with Crippen molar-refractivity contribution in [1.29, 1.82) is 0 Å². The number of anilines is 1. The summed E-state index contributed by atoms with van der Waals surface area (Å²) < 4.78 is 5.90. The summed E-state index contributed by atoms with van der Waals surface area (Å²) in [6, 6.07) is 9.19. The summed E-state index contributed by atoms with van der Waals surface area (Å²) in [7, 11) is 0. The molecule has 0 spiro atoms. The van der Waals surface area contributed by atoms with Crippen molar-refractivity contribution in [3.8, 4) is 0 Å². The number of fused-ring (bicyclic) bond motifs is 1. The minimum absolute atomic E-state index is 0.0112. The van der Waals surface area contributed by atoms with E-state index in [4.69, 9.17) is 4.42 Å². The molecule has 2 fully saturated rings. The molecule has 1 aromatic carbocycles. The molecule has 6 nitrogen and oxygen atoms in total. The van der Waals surface area contributed by atoms with Gasteiger partial charge < -0.3 is 19.5 Å². The second-order valence-electron chi connectivity index (χ2n) is 8.49. The summed E-state index contributed by atoms with van der Waals surface area (Å²) in [5.74, 6) is 0.189. The Balaban J connectivity index is 1.24. The second kappa shape index (κ2) is 9.61. The molecule has 2 aromatic rings. The lowest BCUT2D eigenvalue weighted by molar-refractivity contribution is -0.125. The van der Waals surface area contributed by atoms with Crippen LogP contribution in [-0.4, -0.2) is 54.6 Å². The van der Waals surface area contributed by atoms with E-state index in [1.807, 2.05) is 24.3 Å². The number of piperidine rings is 2. The standard InChI is InChI=1S/C23H34N4O2/c1-2-19-10-5-6-14-26(19)16-8-13-24-22(28)18-9-7-15-27(17-18)23-25-20-11-3-4-12-21(20)29-23/h3-4,11-12,18-19H,2,5-10,13-17H2,1H3,(H,24,28). The number of rotatable bonds is 7. The molecule has 4 rings (SSSR count). The summed E-state index contributed by atoms with van der Waals surface area (Å²) in [6.45, 7) is 6.95. The minimum atomic E-state index is 0.0112. The molecule has 158 valence electrons. The molecular weight excluding hydrogens is 364 g/mol. The lowest BCUT2D eigenvalue weighted by Gasteiger charge is -2.35. The van der Waals surface area contributed by atoms with Gasteiger partial charge in [0.15, 0.2) is 5.58 Å². The van der Waals surface area contributed by atoms with E-state index in [-0.39, 0.29) is 11.8 Å². The number of hydrogen-bond acceptors (Lipinski definition) is 5. The lowest BCUT2D eigenvalue weighted by atomic mass is 9.97. The quantitative estimate of drug-likeness (QED) is 0.719. The summed E-state index contributed by atoms with van der Waals surface area (Å²) >= 11 is 0. The molecule has 2 aliphatic rings. The maximum Gasteiger partial charge on any atom is 0.298 e. The van der Waals surface area contributed by atoms with E-state index in [0.29, 0.717) is 12.6 Å². The monoisotopic (exact) mass is 398 g/mol. The van der Waals surface area contributed by atoms with E-state index < -0.39 is 0 Å². The smallest absolute Gasteiger partial charge is 0.298 e. The van der Waals surface area contributed by atoms with Gasteiger partial charge in [0.2, 0.25) is 5.91 Å². The van der Waals surface area contributed by atoms with Crippen LogP contribution in [-0.2, 0) is 4.79 Å². The fourth-order valence-electron chi connectivity index (χ4n) is 4.81. The van der Waals surface area contributed by atoms with Crippen LogP contribution in [0.25, 0.3) is 11.1 Å². The van der Waals surface area contributed by atoms with Crippen molar-refractivity contribution in [1.82, 2.24) is 15.2 Å². The molecule has 6 heteroatoms. The Kier molecular flexibility index (Phi) is 6.70. The Morgan fingerprint density at radius 2 is 2.10 bits per heavy atom. The molecule has 2 aliphatic heterocycles. The first kappa shape index (κ1) is 20.2. The number of oxazole rings is 1. The molecular formula is C23H34N4O2. The number of para-hydroxylation sites is 2. The number of carbonyl (C=O) groups is 1. The fourth-order valence-corrected chi connectivity index (χ4v) is 4.81. The first-order valence-corrected chi connectivity index (χ1v) is 11.4. The van der Waals surface area contributed by atoms with Gasteiger partial charge in [-0.25, -0.2) is 0 Å². The predicted molar refractivity (Wildman–Crippen MR) is 116 cm³/mol. The Hall–Kier alpha value is -2.08. The third kappa shape index (κ3) is 4.92. The first-order chi connectivity index (χ1) is 14.2. The van der Waals surface area contributed by atoms with Gasteiger partial charge in [0, 0.05) is 32.2 Å². The van der Waals surface area contributed by atoms with Gasteiger partial charge in [0.05, 0.1) is 5.92 Å². The molecule has 0 aliphatic carbocycles. The number of hydrogen-bond donors (Lipinski definition) is 1. The van der Waals surface area contributed by atoms with Crippen LogP contribution < -0.4 is 10.2 Å². The highest BCUT2D eigenvalue weighted by Crippen LogP contribution is 2.26. The van der Waals surface area contributed by atoms with Gasteiger partial charge >= 0.3 is 0 Å². The molecule has 0 radical (unpaired) electrons. The molecule has 1 N–H and O–H groups in total. The van der Waals surface area contributed by atoms with Gasteiger partial charge in [0.25, 0.3) is 6.01 Å². The van der Waals surface area contributed by atoms with Crippen LogP contribution in [0.2, 0.25) is 0 Å². The maximum absolute atomic E-state index is 12.7. The highest BCUT2D eigenvalue weighted by Gasteiger charge is 2.28. The van der Waals surface area contributed by atoms with E-state index in [0.717, 1.165) is 56.0 Å². The van der Waals surface area contributed by atoms with Crippen molar-refractivity contribution >= 4 is 23.0 Å². The second-order valence-corrected chi connectivity index (χ2v) is 8.49. The number of nitrogens with zero attached hydrogens (tertiary/aromatic N) is 3. The predicted octanol–water partition coefficient (Wildman–Crippen LogP) is 3.82. The number of likely N-dealkylation sites (tertiary alicyclic amines) is 1. The van der Waals surface area contributed by atoms with Crippen molar-refractivity contribution in [2.45, 2.75) is 57.9 Å². The Bertz CT molecular complexity index is 772. The van der Waals surface area contributed by atoms with Crippen molar-refractivity contribution in [3.63, 3.8) is 0 Å². The largest absolute Gasteiger partial charge is 0.423 e. The van der Waals surface area contributed by atoms with E-state index in [2.05, 4.69) is 27.0 Å². The van der Waals surface area contributed by atoms with E-state index >= 15 is 0 Å². The molecule has 2 atom stereocenters. The van der Waals surface area contributed by atoms with Crippen LogP contribution >= 0.6 is 0 Å². The number of nitrogens with one attached hydrogen (secondary N) is 1. The van der Waals surface area contributed by atoms with E-state index in [9.17, 15) is 4.79 Å². The van der Waals surface area contributed by atoms with E-state index in [1.165, 1.54) is 32.2 Å². The Morgan fingerprint density at radius 3 is 2.97 bits per heavy atom. The van der Waals surface area contributed by atoms with Gasteiger partial charge in [0.1, 0.15) is 5.52 Å². The third-order valence-electron chi connectivity index (χ3n) is 6.49. The zero-order valence-corrected chi connectivity index (χ0v) is 17.6. The number of amides is 1. The summed E-state index contributed by atoms with van der Waals surface area (Å²) in [5, 5.41) is 3.18. The van der Waals surface area contributed by atoms with Crippen LogP contribution in [0.5, 0.6) is 0 Å². The van der Waals surface area contributed by atoms with Gasteiger partial charge in [-0.3, -0.25) is 4.79 Å². The van der Waals surface area contributed by atoms with Crippen molar-refractivity contribution in [3.05, 3.63) is 24.3 Å².